The number of carbonyl (C=O) groups excluding carboxylic acids is 1. The van der Waals surface area contributed by atoms with Crippen LogP contribution < -0.4 is 10.9 Å². The third-order valence-corrected chi connectivity index (χ3v) is 6.63. The van der Waals surface area contributed by atoms with Crippen molar-refractivity contribution < 1.29 is 17.9 Å². The van der Waals surface area contributed by atoms with Crippen LogP contribution in [0.25, 0.3) is 21.8 Å². The number of nitrogens with zero attached hydrogens (tertiary/aromatic N) is 1. The maximum atomic E-state index is 13.2. The standard InChI is InChI=1S/C21H24N4O5S.ClH/c1-4-9-25(10-8-22-3)31(28,29)14-6-7-17-15(12-14)18-16(21(27)30-11-5-2)13-23-19(18)20(26)24-17;/h1,6-7,12-13,22-23H,5,8-11H2,2-3H3,(H,24,26);1H. The highest BCUT2D eigenvalue weighted by molar-refractivity contribution is 7.89. The molecule has 0 aliphatic rings. The molecule has 32 heavy (non-hydrogen) atoms. The number of fused-ring (bicyclic) bond motifs is 3. The van der Waals surface area contributed by atoms with E-state index in [9.17, 15) is 18.0 Å². The molecule has 0 spiro atoms. The highest BCUT2D eigenvalue weighted by atomic mass is 35.5. The molecule has 3 aromatic rings. The topological polar surface area (TPSA) is 124 Å². The third kappa shape index (κ3) is 4.81. The van der Waals surface area contributed by atoms with Gasteiger partial charge in [-0.3, -0.25) is 4.79 Å². The van der Waals surface area contributed by atoms with Crippen LogP contribution in [-0.2, 0) is 14.8 Å². The fourth-order valence-electron chi connectivity index (χ4n) is 3.27. The molecule has 0 saturated carbocycles. The fourth-order valence-corrected chi connectivity index (χ4v) is 4.65. The van der Waals surface area contributed by atoms with Crippen molar-refractivity contribution in [2.75, 3.05) is 33.3 Å². The monoisotopic (exact) mass is 480 g/mol. The number of carbonyl (C=O) groups is 1. The molecule has 0 amide bonds. The molecule has 3 rings (SSSR count). The number of pyridine rings is 1. The number of nitrogens with one attached hydrogen (secondary N) is 3. The Bertz CT molecular complexity index is 1320. The molecule has 0 fully saturated rings. The molecule has 0 atom stereocenters. The number of hydrogen-bond donors (Lipinski definition) is 3. The molecule has 1 aromatic carbocycles. The number of likely N-dealkylation sites (N-methyl/N-ethyl adjacent to an activating group) is 1. The summed E-state index contributed by atoms with van der Waals surface area (Å²) in [5, 5.41) is 3.63. The zero-order chi connectivity index (χ0) is 22.6. The van der Waals surface area contributed by atoms with Crippen molar-refractivity contribution in [3.8, 4) is 12.3 Å². The Balaban J connectivity index is 0.00000363. The van der Waals surface area contributed by atoms with E-state index in [0.29, 0.717) is 29.3 Å². The zero-order valence-electron chi connectivity index (χ0n) is 17.7. The van der Waals surface area contributed by atoms with E-state index in [-0.39, 0.29) is 48.1 Å². The quantitative estimate of drug-likeness (QED) is 0.317. The van der Waals surface area contributed by atoms with Gasteiger partial charge in [-0.1, -0.05) is 12.8 Å². The maximum Gasteiger partial charge on any atom is 0.340 e. The highest BCUT2D eigenvalue weighted by Gasteiger charge is 2.25. The van der Waals surface area contributed by atoms with Crippen LogP contribution in [-0.4, -0.2) is 61.9 Å². The van der Waals surface area contributed by atoms with Gasteiger partial charge in [0.2, 0.25) is 10.0 Å². The van der Waals surface area contributed by atoms with Gasteiger partial charge < -0.3 is 20.0 Å². The molecule has 0 saturated heterocycles. The number of halogens is 1. The van der Waals surface area contributed by atoms with Gasteiger partial charge in [0, 0.05) is 35.6 Å². The van der Waals surface area contributed by atoms with E-state index in [0.717, 1.165) is 0 Å². The van der Waals surface area contributed by atoms with E-state index < -0.39 is 21.6 Å². The number of rotatable bonds is 9. The summed E-state index contributed by atoms with van der Waals surface area (Å²) in [6.07, 6.45) is 7.41. The second kappa shape index (κ2) is 10.7. The third-order valence-electron chi connectivity index (χ3n) is 4.79. The molecule has 2 aromatic heterocycles. The molecule has 9 nitrogen and oxygen atoms in total. The Morgan fingerprint density at radius 3 is 2.75 bits per heavy atom. The second-order valence-electron chi connectivity index (χ2n) is 6.90. The predicted octanol–water partition coefficient (Wildman–Crippen LogP) is 1.84. The highest BCUT2D eigenvalue weighted by Crippen LogP contribution is 2.28. The van der Waals surface area contributed by atoms with Crippen molar-refractivity contribution >= 4 is 50.2 Å². The Morgan fingerprint density at radius 1 is 1.34 bits per heavy atom. The number of hydrogen-bond acceptors (Lipinski definition) is 6. The summed E-state index contributed by atoms with van der Waals surface area (Å²) in [6, 6.07) is 4.35. The summed E-state index contributed by atoms with van der Waals surface area (Å²) < 4.78 is 32.8. The van der Waals surface area contributed by atoms with Gasteiger partial charge in [0.05, 0.1) is 23.6 Å². The van der Waals surface area contributed by atoms with Gasteiger partial charge in [0.25, 0.3) is 5.56 Å². The minimum Gasteiger partial charge on any atom is -0.462 e. The molecule has 11 heteroatoms. The van der Waals surface area contributed by atoms with Gasteiger partial charge in [0.15, 0.2) is 0 Å². The summed E-state index contributed by atoms with van der Waals surface area (Å²) in [6.45, 7) is 2.65. The molecule has 2 heterocycles. The van der Waals surface area contributed by atoms with Gasteiger partial charge in [-0.25, -0.2) is 13.2 Å². The van der Waals surface area contributed by atoms with Gasteiger partial charge in [-0.15, -0.1) is 18.8 Å². The molecule has 0 aliphatic carbocycles. The smallest absolute Gasteiger partial charge is 0.340 e. The summed E-state index contributed by atoms with van der Waals surface area (Å²) >= 11 is 0. The van der Waals surface area contributed by atoms with E-state index in [1.54, 1.807) is 7.05 Å². The van der Waals surface area contributed by atoms with Crippen LogP contribution in [0, 0.1) is 12.3 Å². The minimum atomic E-state index is -3.90. The van der Waals surface area contributed by atoms with Crippen LogP contribution in [0.3, 0.4) is 0 Å². The molecular weight excluding hydrogens is 456 g/mol. The van der Waals surface area contributed by atoms with E-state index >= 15 is 0 Å². The van der Waals surface area contributed by atoms with E-state index in [2.05, 4.69) is 21.2 Å². The summed E-state index contributed by atoms with van der Waals surface area (Å²) in [5.74, 6) is 1.78. The number of benzene rings is 1. The minimum absolute atomic E-state index is 0. The average Bonchev–Trinajstić information content (AvgIpc) is 3.21. The molecule has 0 aliphatic heterocycles. The largest absolute Gasteiger partial charge is 0.462 e. The van der Waals surface area contributed by atoms with Gasteiger partial charge in [0.1, 0.15) is 5.52 Å². The Labute approximate surface area is 192 Å². The first kappa shape index (κ1) is 25.4. The first-order chi connectivity index (χ1) is 14.8. The summed E-state index contributed by atoms with van der Waals surface area (Å²) in [4.78, 5) is 30.5. The van der Waals surface area contributed by atoms with E-state index in [1.165, 1.54) is 28.7 Å². The van der Waals surface area contributed by atoms with Gasteiger partial charge in [-0.05, 0) is 31.7 Å². The lowest BCUT2D eigenvalue weighted by Crippen LogP contribution is -2.36. The lowest BCUT2D eigenvalue weighted by molar-refractivity contribution is 0.0507. The second-order valence-corrected chi connectivity index (χ2v) is 8.83. The number of sulfonamides is 1. The van der Waals surface area contributed by atoms with Crippen molar-refractivity contribution in [1.82, 2.24) is 19.6 Å². The molecule has 0 unspecified atom stereocenters. The Hall–Kier alpha value is -2.84. The number of terminal acetylenes is 1. The van der Waals surface area contributed by atoms with Crippen LogP contribution >= 0.6 is 12.4 Å². The van der Waals surface area contributed by atoms with Crippen LogP contribution in [0.5, 0.6) is 0 Å². The van der Waals surface area contributed by atoms with Crippen LogP contribution in [0.2, 0.25) is 0 Å². The maximum absolute atomic E-state index is 13.2. The predicted molar refractivity (Wildman–Crippen MR) is 126 cm³/mol. The number of aromatic amines is 2. The number of esters is 1. The summed E-state index contributed by atoms with van der Waals surface area (Å²) in [5.41, 5.74) is 0.320. The number of H-pyrrole nitrogens is 2. The zero-order valence-corrected chi connectivity index (χ0v) is 19.4. The SMILES string of the molecule is C#CCN(CCNC)S(=O)(=O)c1ccc2[nH]c(=O)c3[nH]cc(C(=O)OCCC)c3c2c1.Cl. The van der Waals surface area contributed by atoms with E-state index in [1.807, 2.05) is 6.92 Å². The van der Waals surface area contributed by atoms with Gasteiger partial charge in [-0.2, -0.15) is 4.31 Å². The molecule has 3 N–H and O–H groups in total. The molecule has 0 bridgehead atoms. The lowest BCUT2D eigenvalue weighted by Gasteiger charge is -2.20. The fraction of sp³-hybridized carbons (Fsp3) is 0.333. The van der Waals surface area contributed by atoms with Crippen molar-refractivity contribution in [2.45, 2.75) is 18.2 Å². The number of ether oxygens (including phenoxy) is 1. The van der Waals surface area contributed by atoms with Crippen LogP contribution in [0.1, 0.15) is 23.7 Å². The first-order valence-electron chi connectivity index (χ1n) is 9.77. The van der Waals surface area contributed by atoms with Crippen molar-refractivity contribution in [2.24, 2.45) is 0 Å². The van der Waals surface area contributed by atoms with Crippen molar-refractivity contribution in [3.63, 3.8) is 0 Å². The number of aromatic nitrogens is 2. The molecule has 0 radical (unpaired) electrons. The lowest BCUT2D eigenvalue weighted by atomic mass is 10.1. The van der Waals surface area contributed by atoms with Gasteiger partial charge >= 0.3 is 5.97 Å². The Kier molecular flexibility index (Phi) is 8.46. The van der Waals surface area contributed by atoms with Crippen molar-refractivity contribution in [1.29, 1.82) is 0 Å². The van der Waals surface area contributed by atoms with Crippen molar-refractivity contribution in [3.05, 3.63) is 40.3 Å². The first-order valence-corrected chi connectivity index (χ1v) is 11.2. The normalized spacial score (nSPS) is 11.4. The average molecular weight is 481 g/mol. The molecular formula is C21H25ClN4O5S. The summed E-state index contributed by atoms with van der Waals surface area (Å²) in [7, 11) is -2.19. The Morgan fingerprint density at radius 2 is 2.09 bits per heavy atom. The van der Waals surface area contributed by atoms with Crippen LogP contribution in [0.4, 0.5) is 0 Å². The molecule has 172 valence electrons. The van der Waals surface area contributed by atoms with E-state index in [4.69, 9.17) is 11.2 Å². The van der Waals surface area contributed by atoms with Crippen LogP contribution in [0.15, 0.2) is 34.1 Å².